The van der Waals surface area contributed by atoms with Crippen molar-refractivity contribution in [3.8, 4) is 11.4 Å². The predicted molar refractivity (Wildman–Crippen MR) is 114 cm³/mol. The third kappa shape index (κ3) is 6.10. The summed E-state index contributed by atoms with van der Waals surface area (Å²) in [5.74, 6) is -1.94. The Morgan fingerprint density at radius 1 is 1.12 bits per heavy atom. The van der Waals surface area contributed by atoms with Gasteiger partial charge in [0.2, 0.25) is 27.6 Å². The summed E-state index contributed by atoms with van der Waals surface area (Å²) in [7, 11) is -3.75. The van der Waals surface area contributed by atoms with Gasteiger partial charge in [-0.1, -0.05) is 35.0 Å². The van der Waals surface area contributed by atoms with Crippen LogP contribution in [0.2, 0.25) is 0 Å². The van der Waals surface area contributed by atoms with Crippen LogP contribution in [0.15, 0.2) is 47.0 Å². The fourth-order valence-corrected chi connectivity index (χ4v) is 3.88. The quantitative estimate of drug-likeness (QED) is 0.521. The van der Waals surface area contributed by atoms with Crippen LogP contribution >= 0.6 is 0 Å². The molecule has 0 aliphatic carbocycles. The second-order valence-electron chi connectivity index (χ2n) is 7.19. The van der Waals surface area contributed by atoms with Crippen molar-refractivity contribution >= 4 is 21.6 Å². The summed E-state index contributed by atoms with van der Waals surface area (Å²) < 4.78 is 56.8. The number of benzene rings is 2. The number of carbonyl (C=O) groups is 1. The molecule has 11 heteroatoms. The first kappa shape index (κ1) is 23.3. The molecular weight excluding hydrogens is 442 g/mol. The maximum Gasteiger partial charge on any atom is 0.246 e. The van der Waals surface area contributed by atoms with E-state index >= 15 is 0 Å². The molecule has 0 radical (unpaired) electrons. The summed E-state index contributed by atoms with van der Waals surface area (Å²) in [5, 5.41) is 6.51. The topological polar surface area (TPSA) is 105 Å². The van der Waals surface area contributed by atoms with Crippen molar-refractivity contribution in [2.24, 2.45) is 0 Å². The fraction of sp³-hybridized carbons (Fsp3) is 0.286. The molecule has 3 aromatic rings. The Labute approximate surface area is 184 Å². The molecule has 32 heavy (non-hydrogen) atoms. The fourth-order valence-electron chi connectivity index (χ4n) is 2.92. The van der Waals surface area contributed by atoms with Gasteiger partial charge in [-0.25, -0.2) is 17.2 Å². The zero-order valence-electron chi connectivity index (χ0n) is 17.5. The standard InChI is InChI=1S/C21H22F2N4O4S/c1-14-5-7-15(8-6-14)21-25-20(31-26-21)13-24-19(28)4-3-11-27(32(2,29)30)16-9-10-17(22)18(23)12-16/h5-10,12H,3-4,11,13H2,1-2H3,(H,24,28). The smallest absolute Gasteiger partial charge is 0.246 e. The molecule has 0 saturated carbocycles. The second-order valence-corrected chi connectivity index (χ2v) is 9.10. The van der Waals surface area contributed by atoms with Crippen molar-refractivity contribution in [1.29, 1.82) is 0 Å². The minimum Gasteiger partial charge on any atom is -0.347 e. The average molecular weight is 464 g/mol. The number of sulfonamides is 1. The third-order valence-electron chi connectivity index (χ3n) is 4.57. The van der Waals surface area contributed by atoms with Gasteiger partial charge in [0.15, 0.2) is 11.6 Å². The Kier molecular flexibility index (Phi) is 7.18. The SMILES string of the molecule is Cc1ccc(-c2noc(CNC(=O)CCCN(c3ccc(F)c(F)c3)S(C)(=O)=O)n2)cc1. The molecule has 0 bridgehead atoms. The lowest BCUT2D eigenvalue weighted by molar-refractivity contribution is -0.121. The minimum absolute atomic E-state index is 0.00858. The van der Waals surface area contributed by atoms with Crippen LogP contribution in [0.1, 0.15) is 24.3 Å². The van der Waals surface area contributed by atoms with Gasteiger partial charge in [-0.15, -0.1) is 0 Å². The molecular formula is C21H22F2N4O4S. The van der Waals surface area contributed by atoms with Gasteiger partial charge in [-0.05, 0) is 25.5 Å². The molecule has 0 spiro atoms. The summed E-state index contributed by atoms with van der Waals surface area (Å²) in [5.41, 5.74) is 1.88. The molecule has 0 aliphatic heterocycles. The second kappa shape index (κ2) is 9.86. The summed E-state index contributed by atoms with van der Waals surface area (Å²) >= 11 is 0. The van der Waals surface area contributed by atoms with E-state index in [-0.39, 0.29) is 43.4 Å². The highest BCUT2D eigenvalue weighted by atomic mass is 32.2. The van der Waals surface area contributed by atoms with E-state index in [1.807, 2.05) is 31.2 Å². The van der Waals surface area contributed by atoms with E-state index in [0.29, 0.717) is 5.82 Å². The molecule has 1 amide bonds. The van der Waals surface area contributed by atoms with Gasteiger partial charge in [0.1, 0.15) is 0 Å². The van der Waals surface area contributed by atoms with Crippen LogP contribution < -0.4 is 9.62 Å². The van der Waals surface area contributed by atoms with Gasteiger partial charge in [-0.3, -0.25) is 9.10 Å². The maximum atomic E-state index is 13.5. The van der Waals surface area contributed by atoms with Crippen LogP contribution in [0.5, 0.6) is 0 Å². The number of carbonyl (C=O) groups excluding carboxylic acids is 1. The van der Waals surface area contributed by atoms with Crippen LogP contribution in [0, 0.1) is 18.6 Å². The number of hydrogen-bond donors (Lipinski definition) is 1. The number of halogens is 2. The average Bonchev–Trinajstić information content (AvgIpc) is 3.20. The Morgan fingerprint density at radius 3 is 2.50 bits per heavy atom. The lowest BCUT2D eigenvalue weighted by Crippen LogP contribution is -2.32. The molecule has 0 unspecified atom stereocenters. The van der Waals surface area contributed by atoms with E-state index in [1.54, 1.807) is 0 Å². The molecule has 0 atom stereocenters. The van der Waals surface area contributed by atoms with E-state index in [2.05, 4.69) is 15.5 Å². The van der Waals surface area contributed by atoms with Crippen LogP contribution in [-0.2, 0) is 21.4 Å². The molecule has 0 aliphatic rings. The molecule has 1 aromatic heterocycles. The molecule has 1 heterocycles. The molecule has 2 aromatic carbocycles. The van der Waals surface area contributed by atoms with Crippen LogP contribution in [0.3, 0.4) is 0 Å². The van der Waals surface area contributed by atoms with E-state index in [4.69, 9.17) is 4.52 Å². The highest BCUT2D eigenvalue weighted by Crippen LogP contribution is 2.21. The lowest BCUT2D eigenvalue weighted by atomic mass is 10.1. The first-order valence-electron chi connectivity index (χ1n) is 9.72. The Balaban J connectivity index is 1.52. The highest BCUT2D eigenvalue weighted by molar-refractivity contribution is 7.92. The van der Waals surface area contributed by atoms with Crippen molar-refractivity contribution in [2.45, 2.75) is 26.3 Å². The van der Waals surface area contributed by atoms with Crippen LogP contribution in [0.4, 0.5) is 14.5 Å². The summed E-state index contributed by atoms with van der Waals surface area (Å²) in [6, 6.07) is 10.4. The van der Waals surface area contributed by atoms with Gasteiger partial charge in [0.05, 0.1) is 18.5 Å². The van der Waals surface area contributed by atoms with E-state index in [9.17, 15) is 22.0 Å². The van der Waals surface area contributed by atoms with Crippen molar-refractivity contribution < 1.29 is 26.5 Å². The number of hydrogen-bond acceptors (Lipinski definition) is 6. The number of amides is 1. The number of nitrogens with zero attached hydrogens (tertiary/aromatic N) is 3. The van der Waals surface area contributed by atoms with Crippen molar-refractivity contribution in [3.05, 3.63) is 65.6 Å². The number of anilines is 1. The van der Waals surface area contributed by atoms with Crippen LogP contribution in [-0.4, -0.2) is 37.3 Å². The summed E-state index contributed by atoms with van der Waals surface area (Å²) in [4.78, 5) is 16.4. The zero-order valence-corrected chi connectivity index (χ0v) is 18.3. The molecule has 170 valence electrons. The van der Waals surface area contributed by atoms with Crippen molar-refractivity contribution in [3.63, 3.8) is 0 Å². The normalized spacial score (nSPS) is 11.4. The summed E-state index contributed by atoms with van der Waals surface area (Å²) in [6.45, 7) is 1.92. The Bertz CT molecular complexity index is 1200. The van der Waals surface area contributed by atoms with Crippen molar-refractivity contribution in [2.75, 3.05) is 17.1 Å². The van der Waals surface area contributed by atoms with Gasteiger partial charge in [0, 0.05) is 24.6 Å². The van der Waals surface area contributed by atoms with E-state index in [0.717, 1.165) is 33.8 Å². The number of rotatable bonds is 9. The summed E-state index contributed by atoms with van der Waals surface area (Å²) in [6.07, 6.45) is 1.13. The number of aromatic nitrogens is 2. The monoisotopic (exact) mass is 464 g/mol. The van der Waals surface area contributed by atoms with Gasteiger partial charge >= 0.3 is 0 Å². The maximum absolute atomic E-state index is 13.5. The largest absolute Gasteiger partial charge is 0.347 e. The third-order valence-corrected chi connectivity index (χ3v) is 5.77. The zero-order chi connectivity index (χ0) is 23.3. The van der Waals surface area contributed by atoms with Crippen molar-refractivity contribution in [1.82, 2.24) is 15.5 Å². The molecule has 3 rings (SSSR count). The van der Waals surface area contributed by atoms with E-state index in [1.165, 1.54) is 6.07 Å². The highest BCUT2D eigenvalue weighted by Gasteiger charge is 2.19. The predicted octanol–water partition coefficient (Wildman–Crippen LogP) is 3.19. The minimum atomic E-state index is -3.75. The van der Waals surface area contributed by atoms with Crippen LogP contribution in [0.25, 0.3) is 11.4 Å². The number of nitrogens with one attached hydrogen (secondary N) is 1. The van der Waals surface area contributed by atoms with Gasteiger partial charge < -0.3 is 9.84 Å². The Hall–Kier alpha value is -3.34. The Morgan fingerprint density at radius 2 is 1.84 bits per heavy atom. The molecule has 0 saturated heterocycles. The molecule has 1 N–H and O–H groups in total. The van der Waals surface area contributed by atoms with E-state index < -0.39 is 21.7 Å². The van der Waals surface area contributed by atoms with Gasteiger partial charge in [0.25, 0.3) is 0 Å². The first-order valence-corrected chi connectivity index (χ1v) is 11.6. The first-order chi connectivity index (χ1) is 15.1. The van der Waals surface area contributed by atoms with Gasteiger partial charge in [-0.2, -0.15) is 4.98 Å². The number of aryl methyl sites for hydroxylation is 1. The lowest BCUT2D eigenvalue weighted by Gasteiger charge is -2.22. The molecule has 8 nitrogen and oxygen atoms in total. The molecule has 0 fully saturated rings.